The van der Waals surface area contributed by atoms with Crippen LogP contribution in [0.15, 0.2) is 12.7 Å². The zero-order chi connectivity index (χ0) is 16.4. The molecule has 0 bridgehead atoms. The van der Waals surface area contributed by atoms with E-state index in [1.54, 1.807) is 6.08 Å². The highest BCUT2D eigenvalue weighted by molar-refractivity contribution is 5.15. The molecule has 2 nitrogen and oxygen atoms in total. The Bertz CT molecular complexity index is 470. The highest BCUT2D eigenvalue weighted by Crippen LogP contribution is 2.65. The Hall–Kier alpha value is -0.340. The zero-order valence-corrected chi connectivity index (χ0v) is 15.1. The molecule has 1 heterocycles. The number of rotatable bonds is 1. The van der Waals surface area contributed by atoms with Gasteiger partial charge in [-0.3, -0.25) is 0 Å². The second-order valence-corrected chi connectivity index (χ2v) is 9.55. The van der Waals surface area contributed by atoms with Gasteiger partial charge in [0.15, 0.2) is 0 Å². The molecular formula is C20H34O2. The molecule has 3 fully saturated rings. The second kappa shape index (κ2) is 4.83. The van der Waals surface area contributed by atoms with Gasteiger partial charge in [0.05, 0.1) is 11.7 Å². The number of fused-ring (bicyclic) bond motifs is 3. The van der Waals surface area contributed by atoms with E-state index in [1.165, 1.54) is 25.7 Å². The number of hydrogen-bond donors (Lipinski definition) is 1. The van der Waals surface area contributed by atoms with Gasteiger partial charge in [0.1, 0.15) is 5.60 Å². The summed E-state index contributed by atoms with van der Waals surface area (Å²) in [6.45, 7) is 15.6. The molecule has 0 aromatic carbocycles. The first-order valence-corrected chi connectivity index (χ1v) is 9.09. The van der Waals surface area contributed by atoms with E-state index in [0.717, 1.165) is 18.8 Å². The Morgan fingerprint density at radius 2 is 1.73 bits per heavy atom. The van der Waals surface area contributed by atoms with E-state index in [2.05, 4.69) is 34.3 Å². The maximum absolute atomic E-state index is 10.7. The normalized spacial score (nSPS) is 54.2. The highest BCUT2D eigenvalue weighted by Gasteiger charge is 2.62. The van der Waals surface area contributed by atoms with E-state index in [-0.39, 0.29) is 11.0 Å². The van der Waals surface area contributed by atoms with Crippen molar-refractivity contribution in [2.75, 3.05) is 0 Å². The summed E-state index contributed by atoms with van der Waals surface area (Å²) in [5, 5.41) is 10.7. The lowest BCUT2D eigenvalue weighted by atomic mass is 9.44. The quantitative estimate of drug-likeness (QED) is 0.711. The molecule has 0 amide bonds. The minimum absolute atomic E-state index is 0.124. The number of aliphatic hydroxyl groups excluding tert-OH is 1. The van der Waals surface area contributed by atoms with Crippen molar-refractivity contribution in [2.45, 2.75) is 90.4 Å². The van der Waals surface area contributed by atoms with Crippen LogP contribution in [0.25, 0.3) is 0 Å². The molecule has 0 radical (unpaired) electrons. The van der Waals surface area contributed by atoms with Crippen LogP contribution in [0.2, 0.25) is 0 Å². The summed E-state index contributed by atoms with van der Waals surface area (Å²) in [5.41, 5.74) is -0.0177. The molecule has 22 heavy (non-hydrogen) atoms. The van der Waals surface area contributed by atoms with Crippen molar-refractivity contribution in [1.82, 2.24) is 0 Å². The lowest BCUT2D eigenvalue weighted by Crippen LogP contribution is -2.65. The van der Waals surface area contributed by atoms with Crippen molar-refractivity contribution in [3.63, 3.8) is 0 Å². The smallest absolute Gasteiger partial charge is 0.110 e. The standard InChI is InChI=1S/C20H34O2/c1-7-19(5)16(21)13-15-18(4)11-8-10-17(2,3)14(18)9-12-20(15,6)22-19/h7,14-16,21H,1,8-13H2,2-6H3/t14-,15+,16+,18-,19+,20+/m0/s1. The van der Waals surface area contributed by atoms with Crippen LogP contribution in [0, 0.1) is 22.7 Å². The molecule has 0 unspecified atom stereocenters. The monoisotopic (exact) mass is 306 g/mol. The van der Waals surface area contributed by atoms with Crippen molar-refractivity contribution in [3.8, 4) is 0 Å². The van der Waals surface area contributed by atoms with Crippen molar-refractivity contribution in [1.29, 1.82) is 0 Å². The highest BCUT2D eigenvalue weighted by atomic mass is 16.5. The number of ether oxygens (including phenoxy) is 1. The summed E-state index contributed by atoms with van der Waals surface area (Å²) >= 11 is 0. The van der Waals surface area contributed by atoms with E-state index in [9.17, 15) is 5.11 Å². The minimum Gasteiger partial charge on any atom is -0.390 e. The van der Waals surface area contributed by atoms with E-state index in [0.29, 0.717) is 11.3 Å². The Balaban J connectivity index is 1.98. The summed E-state index contributed by atoms with van der Waals surface area (Å²) < 4.78 is 6.54. The van der Waals surface area contributed by atoms with Gasteiger partial charge in [0.2, 0.25) is 0 Å². The SMILES string of the molecule is C=C[C@@]1(C)O[C@]2(C)CC[C@H]3C(C)(C)CCC[C@]3(C)[C@H]2C[C@H]1O. The third-order valence-corrected chi connectivity index (χ3v) is 7.72. The van der Waals surface area contributed by atoms with Crippen LogP contribution in [-0.4, -0.2) is 22.4 Å². The summed E-state index contributed by atoms with van der Waals surface area (Å²) in [6, 6.07) is 0. The predicted octanol–water partition coefficient (Wildman–Crippen LogP) is 4.71. The molecule has 2 aliphatic carbocycles. The maximum atomic E-state index is 10.7. The molecule has 0 aromatic rings. The molecule has 3 aliphatic rings. The molecular weight excluding hydrogens is 272 g/mol. The van der Waals surface area contributed by atoms with Crippen LogP contribution in [0.5, 0.6) is 0 Å². The average molecular weight is 306 g/mol. The molecule has 0 aromatic heterocycles. The van der Waals surface area contributed by atoms with Crippen LogP contribution < -0.4 is 0 Å². The van der Waals surface area contributed by atoms with Gasteiger partial charge in [-0.1, -0.05) is 33.3 Å². The maximum Gasteiger partial charge on any atom is 0.110 e. The lowest BCUT2D eigenvalue weighted by molar-refractivity contribution is -0.281. The summed E-state index contributed by atoms with van der Waals surface area (Å²) in [7, 11) is 0. The second-order valence-electron chi connectivity index (χ2n) is 9.55. The van der Waals surface area contributed by atoms with Gasteiger partial charge in [-0.2, -0.15) is 0 Å². The number of hydrogen-bond acceptors (Lipinski definition) is 2. The van der Waals surface area contributed by atoms with E-state index >= 15 is 0 Å². The zero-order valence-electron chi connectivity index (χ0n) is 15.1. The van der Waals surface area contributed by atoms with Gasteiger partial charge in [-0.15, -0.1) is 6.58 Å². The van der Waals surface area contributed by atoms with E-state index in [4.69, 9.17) is 4.74 Å². The fourth-order valence-electron chi connectivity index (χ4n) is 6.45. The molecule has 1 aliphatic heterocycles. The minimum atomic E-state index is -0.599. The van der Waals surface area contributed by atoms with Gasteiger partial charge < -0.3 is 9.84 Å². The average Bonchev–Trinajstić information content (AvgIpc) is 2.40. The Kier molecular flexibility index (Phi) is 3.63. The van der Waals surface area contributed by atoms with Crippen molar-refractivity contribution >= 4 is 0 Å². The predicted molar refractivity (Wildman–Crippen MR) is 90.7 cm³/mol. The summed E-state index contributed by atoms with van der Waals surface area (Å²) in [4.78, 5) is 0. The van der Waals surface area contributed by atoms with Crippen molar-refractivity contribution < 1.29 is 9.84 Å². The van der Waals surface area contributed by atoms with E-state index in [1.807, 2.05) is 6.92 Å². The first-order valence-electron chi connectivity index (χ1n) is 9.09. The summed E-state index contributed by atoms with van der Waals surface area (Å²) in [5.74, 6) is 1.19. The summed E-state index contributed by atoms with van der Waals surface area (Å²) in [6.07, 6.45) is 8.50. The Morgan fingerprint density at radius 3 is 2.36 bits per heavy atom. The van der Waals surface area contributed by atoms with Gasteiger partial charge in [0, 0.05) is 0 Å². The van der Waals surface area contributed by atoms with Crippen LogP contribution in [0.4, 0.5) is 0 Å². The van der Waals surface area contributed by atoms with Crippen LogP contribution >= 0.6 is 0 Å². The lowest BCUT2D eigenvalue weighted by Gasteiger charge is -2.65. The van der Waals surface area contributed by atoms with Crippen LogP contribution in [0.3, 0.4) is 0 Å². The van der Waals surface area contributed by atoms with Gasteiger partial charge in [0.25, 0.3) is 0 Å². The first kappa shape index (κ1) is 16.5. The van der Waals surface area contributed by atoms with E-state index < -0.39 is 11.7 Å². The largest absolute Gasteiger partial charge is 0.390 e. The third kappa shape index (κ3) is 2.13. The van der Waals surface area contributed by atoms with Gasteiger partial charge in [-0.05, 0) is 68.6 Å². The van der Waals surface area contributed by atoms with Crippen molar-refractivity contribution in [2.24, 2.45) is 22.7 Å². The molecule has 0 spiro atoms. The first-order chi connectivity index (χ1) is 10.1. The van der Waals surface area contributed by atoms with Crippen LogP contribution in [0.1, 0.15) is 73.1 Å². The Labute approximate surface area is 136 Å². The fraction of sp³-hybridized carbons (Fsp3) is 0.900. The topological polar surface area (TPSA) is 29.5 Å². The third-order valence-electron chi connectivity index (χ3n) is 7.72. The molecule has 2 heteroatoms. The number of aliphatic hydroxyl groups is 1. The van der Waals surface area contributed by atoms with Crippen LogP contribution in [-0.2, 0) is 4.74 Å². The molecule has 3 rings (SSSR count). The van der Waals surface area contributed by atoms with Gasteiger partial charge >= 0.3 is 0 Å². The molecule has 2 saturated carbocycles. The Morgan fingerprint density at radius 1 is 1.05 bits per heavy atom. The molecule has 1 N–H and O–H groups in total. The molecule has 126 valence electrons. The molecule has 6 atom stereocenters. The van der Waals surface area contributed by atoms with Gasteiger partial charge in [-0.25, -0.2) is 0 Å². The fourth-order valence-corrected chi connectivity index (χ4v) is 6.45. The molecule has 1 saturated heterocycles. The van der Waals surface area contributed by atoms with Crippen molar-refractivity contribution in [3.05, 3.63) is 12.7 Å².